The summed E-state index contributed by atoms with van der Waals surface area (Å²) in [5, 5.41) is 0. The van der Waals surface area contributed by atoms with Crippen molar-refractivity contribution < 1.29 is 22.6 Å². The maximum absolute atomic E-state index is 13.2. The molecular formula is C19H29N3O5S. The minimum Gasteiger partial charge on any atom is -0.480 e. The van der Waals surface area contributed by atoms with Crippen LogP contribution in [-0.4, -0.2) is 87.4 Å². The first kappa shape index (κ1) is 20.0. The van der Waals surface area contributed by atoms with E-state index in [4.69, 9.17) is 14.2 Å². The Morgan fingerprint density at radius 1 is 1.25 bits per heavy atom. The zero-order valence-electron chi connectivity index (χ0n) is 16.8. The third kappa shape index (κ3) is 3.54. The van der Waals surface area contributed by atoms with E-state index in [0.717, 1.165) is 31.7 Å². The van der Waals surface area contributed by atoms with E-state index in [1.807, 2.05) is 6.92 Å². The summed E-state index contributed by atoms with van der Waals surface area (Å²) in [5.41, 5.74) is 0.586. The van der Waals surface area contributed by atoms with Gasteiger partial charge in [-0.15, -0.1) is 0 Å². The van der Waals surface area contributed by atoms with E-state index >= 15 is 0 Å². The molecule has 28 heavy (non-hydrogen) atoms. The van der Waals surface area contributed by atoms with Gasteiger partial charge in [-0.25, -0.2) is 13.4 Å². The highest BCUT2D eigenvalue weighted by molar-refractivity contribution is 7.89. The molecule has 0 bridgehead atoms. The number of methoxy groups -OCH3 is 2. The highest BCUT2D eigenvalue weighted by Gasteiger charge is 2.48. The average Bonchev–Trinajstić information content (AvgIpc) is 3.04. The fourth-order valence-corrected chi connectivity index (χ4v) is 6.09. The topological polar surface area (TPSA) is 81.2 Å². The minimum absolute atomic E-state index is 0.141. The molecule has 1 aromatic rings. The first-order chi connectivity index (χ1) is 13.4. The molecule has 0 aromatic carbocycles. The molecule has 0 aliphatic carbocycles. The van der Waals surface area contributed by atoms with Crippen LogP contribution in [0.2, 0.25) is 0 Å². The van der Waals surface area contributed by atoms with Crippen LogP contribution in [0.3, 0.4) is 0 Å². The smallest absolute Gasteiger partial charge is 0.248 e. The van der Waals surface area contributed by atoms with Crippen LogP contribution in [0.4, 0.5) is 0 Å². The van der Waals surface area contributed by atoms with Crippen molar-refractivity contribution in [3.63, 3.8) is 0 Å². The van der Waals surface area contributed by atoms with Crippen LogP contribution in [0, 0.1) is 6.92 Å². The monoisotopic (exact) mass is 411 g/mol. The number of hydrogen-bond acceptors (Lipinski definition) is 7. The predicted molar refractivity (Wildman–Crippen MR) is 103 cm³/mol. The Bertz CT molecular complexity index is 817. The van der Waals surface area contributed by atoms with Gasteiger partial charge in [0.2, 0.25) is 15.9 Å². The maximum Gasteiger partial charge on any atom is 0.248 e. The van der Waals surface area contributed by atoms with Crippen molar-refractivity contribution in [1.82, 2.24) is 14.2 Å². The lowest BCUT2D eigenvalue weighted by Crippen LogP contribution is -2.56. The molecule has 8 nitrogen and oxygen atoms in total. The standard InChI is InChI=1S/C19H29N3O5S/c1-14-8-17(18(26-3)20-10-14)28(23,24)22-6-4-19(5-7-22)9-15(13-27-19)21-11-16(12-21)25-2/h8,10,15-16H,4-7,9,11-13H2,1-3H3. The van der Waals surface area contributed by atoms with Crippen LogP contribution in [0.15, 0.2) is 17.2 Å². The van der Waals surface area contributed by atoms with E-state index in [2.05, 4.69) is 9.88 Å². The number of hydrogen-bond donors (Lipinski definition) is 0. The highest BCUT2D eigenvalue weighted by Crippen LogP contribution is 2.40. The van der Waals surface area contributed by atoms with Gasteiger partial charge < -0.3 is 14.2 Å². The Kier molecular flexibility index (Phi) is 5.39. The van der Waals surface area contributed by atoms with Gasteiger partial charge in [0.1, 0.15) is 4.90 Å². The molecule has 1 aromatic heterocycles. The molecule has 9 heteroatoms. The molecule has 1 unspecified atom stereocenters. The van der Waals surface area contributed by atoms with Crippen molar-refractivity contribution in [2.45, 2.75) is 48.8 Å². The summed E-state index contributed by atoms with van der Waals surface area (Å²) in [4.78, 5) is 6.67. The van der Waals surface area contributed by atoms with Crippen LogP contribution in [0.1, 0.15) is 24.8 Å². The fourth-order valence-electron chi connectivity index (χ4n) is 4.46. The molecule has 3 aliphatic heterocycles. The lowest BCUT2D eigenvalue weighted by molar-refractivity contribution is -0.0536. The number of piperidine rings is 1. The summed E-state index contributed by atoms with van der Waals surface area (Å²) in [6.07, 6.45) is 4.34. The van der Waals surface area contributed by atoms with Crippen LogP contribution in [0.25, 0.3) is 0 Å². The minimum atomic E-state index is -3.64. The fraction of sp³-hybridized carbons (Fsp3) is 0.737. The molecule has 1 spiro atoms. The molecule has 4 heterocycles. The van der Waals surface area contributed by atoms with E-state index in [9.17, 15) is 8.42 Å². The third-order valence-corrected chi connectivity index (χ3v) is 8.21. The van der Waals surface area contributed by atoms with Gasteiger partial charge in [-0.05, 0) is 37.8 Å². The summed E-state index contributed by atoms with van der Waals surface area (Å²) in [6, 6.07) is 2.04. The molecule has 0 N–H and O–H groups in total. The van der Waals surface area contributed by atoms with Gasteiger partial charge in [0, 0.05) is 45.5 Å². The lowest BCUT2D eigenvalue weighted by atomic mass is 9.87. The second-order valence-electron chi connectivity index (χ2n) is 8.09. The molecule has 1 atom stereocenters. The number of sulfonamides is 1. The van der Waals surface area contributed by atoms with Gasteiger partial charge in [-0.3, -0.25) is 4.90 Å². The second-order valence-corrected chi connectivity index (χ2v) is 9.99. The van der Waals surface area contributed by atoms with Gasteiger partial charge in [0.15, 0.2) is 0 Å². The number of aryl methyl sites for hydroxylation is 1. The number of aromatic nitrogens is 1. The predicted octanol–water partition coefficient (Wildman–Crippen LogP) is 1.04. The van der Waals surface area contributed by atoms with Gasteiger partial charge in [-0.1, -0.05) is 0 Å². The molecule has 0 saturated carbocycles. The Morgan fingerprint density at radius 3 is 2.61 bits per heavy atom. The van der Waals surface area contributed by atoms with Crippen LogP contribution >= 0.6 is 0 Å². The quantitative estimate of drug-likeness (QED) is 0.716. The van der Waals surface area contributed by atoms with E-state index in [1.165, 1.54) is 7.11 Å². The normalized spacial score (nSPS) is 26.5. The lowest BCUT2D eigenvalue weighted by Gasteiger charge is -2.42. The van der Waals surface area contributed by atoms with Crippen molar-refractivity contribution in [3.05, 3.63) is 17.8 Å². The molecule has 0 amide bonds. The van der Waals surface area contributed by atoms with Crippen LogP contribution in [0.5, 0.6) is 5.88 Å². The molecular weight excluding hydrogens is 382 g/mol. The first-order valence-corrected chi connectivity index (χ1v) is 11.2. The Morgan fingerprint density at radius 2 is 1.96 bits per heavy atom. The summed E-state index contributed by atoms with van der Waals surface area (Å²) in [5.74, 6) is 0.147. The average molecular weight is 412 g/mol. The Balaban J connectivity index is 1.41. The number of pyridine rings is 1. The third-order valence-electron chi connectivity index (χ3n) is 6.32. The highest BCUT2D eigenvalue weighted by atomic mass is 32.2. The van der Waals surface area contributed by atoms with Crippen LogP contribution in [-0.2, 0) is 19.5 Å². The largest absolute Gasteiger partial charge is 0.480 e. The Labute approximate surface area is 166 Å². The summed E-state index contributed by atoms with van der Waals surface area (Å²) >= 11 is 0. The molecule has 0 radical (unpaired) electrons. The maximum atomic E-state index is 13.2. The molecule has 3 fully saturated rings. The van der Waals surface area contributed by atoms with E-state index in [-0.39, 0.29) is 16.4 Å². The van der Waals surface area contributed by atoms with Crippen molar-refractivity contribution in [1.29, 1.82) is 0 Å². The number of ether oxygens (including phenoxy) is 3. The first-order valence-electron chi connectivity index (χ1n) is 9.78. The summed E-state index contributed by atoms with van der Waals surface area (Å²) < 4.78 is 44.6. The molecule has 156 valence electrons. The van der Waals surface area contributed by atoms with Gasteiger partial charge in [0.05, 0.1) is 25.4 Å². The SMILES string of the molecule is COc1ncc(C)cc1S(=O)(=O)N1CCC2(CC1)CC(N1CC(OC)C1)CO2. The molecule has 4 rings (SSSR count). The van der Waals surface area contributed by atoms with Gasteiger partial charge >= 0.3 is 0 Å². The number of likely N-dealkylation sites (tertiary alicyclic amines) is 1. The second kappa shape index (κ2) is 7.53. The molecule has 3 saturated heterocycles. The Hall–Kier alpha value is -1.26. The van der Waals surface area contributed by atoms with Crippen molar-refractivity contribution in [2.75, 3.05) is 47.0 Å². The van der Waals surface area contributed by atoms with E-state index in [0.29, 0.717) is 38.1 Å². The van der Waals surface area contributed by atoms with Crippen molar-refractivity contribution >= 4 is 10.0 Å². The summed E-state index contributed by atoms with van der Waals surface area (Å²) in [7, 11) is -0.448. The number of nitrogens with zero attached hydrogens (tertiary/aromatic N) is 3. The van der Waals surface area contributed by atoms with E-state index < -0.39 is 10.0 Å². The zero-order chi connectivity index (χ0) is 19.9. The molecule has 3 aliphatic rings. The van der Waals surface area contributed by atoms with Crippen molar-refractivity contribution in [3.8, 4) is 5.88 Å². The zero-order valence-corrected chi connectivity index (χ0v) is 17.6. The van der Waals surface area contributed by atoms with E-state index in [1.54, 1.807) is 23.7 Å². The van der Waals surface area contributed by atoms with Gasteiger partial charge in [0.25, 0.3) is 0 Å². The van der Waals surface area contributed by atoms with Crippen molar-refractivity contribution in [2.24, 2.45) is 0 Å². The summed E-state index contributed by atoms with van der Waals surface area (Å²) in [6.45, 7) is 5.37. The van der Waals surface area contributed by atoms with Crippen LogP contribution < -0.4 is 4.74 Å². The van der Waals surface area contributed by atoms with Gasteiger partial charge in [-0.2, -0.15) is 4.31 Å². The number of rotatable bonds is 5.